The minimum atomic E-state index is -0.260. The number of benzene rings is 1. The predicted octanol–water partition coefficient (Wildman–Crippen LogP) is 1.79. The van der Waals surface area contributed by atoms with Crippen molar-refractivity contribution >= 4 is 28.8 Å². The molecule has 30 heavy (non-hydrogen) atoms. The van der Waals surface area contributed by atoms with E-state index in [1.807, 2.05) is 31.2 Å². The Hall–Kier alpha value is -2.36. The monoisotopic (exact) mass is 430 g/mol. The highest BCUT2D eigenvalue weighted by Crippen LogP contribution is 2.15. The zero-order chi connectivity index (χ0) is 21.3. The number of aryl methyl sites for hydroxylation is 2. The molecule has 0 spiro atoms. The molecule has 3 rings (SSSR count). The van der Waals surface area contributed by atoms with Crippen LogP contribution in [0.5, 0.6) is 0 Å². The third-order valence-electron chi connectivity index (χ3n) is 5.11. The molecule has 2 amide bonds. The van der Waals surface area contributed by atoms with Crippen molar-refractivity contribution in [2.24, 2.45) is 0 Å². The Kier molecular flexibility index (Phi) is 8.30. The van der Waals surface area contributed by atoms with Gasteiger partial charge < -0.3 is 15.5 Å². The van der Waals surface area contributed by atoms with Crippen LogP contribution >= 0.6 is 11.3 Å². The van der Waals surface area contributed by atoms with Crippen molar-refractivity contribution in [2.45, 2.75) is 26.2 Å². The highest BCUT2D eigenvalue weighted by molar-refractivity contribution is 7.13. The Morgan fingerprint density at radius 3 is 2.57 bits per heavy atom. The van der Waals surface area contributed by atoms with Crippen LogP contribution in [0.2, 0.25) is 0 Å². The summed E-state index contributed by atoms with van der Waals surface area (Å²) in [4.78, 5) is 29.0. The highest BCUT2D eigenvalue weighted by atomic mass is 32.1. The Bertz CT molecular complexity index is 830. The van der Waals surface area contributed by atoms with Gasteiger partial charge in [0.05, 0.1) is 0 Å². The molecule has 8 nitrogen and oxygen atoms in total. The van der Waals surface area contributed by atoms with E-state index in [0.29, 0.717) is 30.8 Å². The van der Waals surface area contributed by atoms with E-state index in [2.05, 4.69) is 37.7 Å². The molecule has 1 fully saturated rings. The van der Waals surface area contributed by atoms with Gasteiger partial charge in [0.1, 0.15) is 5.01 Å². The van der Waals surface area contributed by atoms with Crippen LogP contribution in [0.4, 0.5) is 5.69 Å². The Morgan fingerprint density at radius 2 is 1.83 bits per heavy atom. The zero-order valence-corrected chi connectivity index (χ0v) is 18.5. The number of carbonyl (C=O) groups excluding carboxylic acids is 2. The van der Waals surface area contributed by atoms with Crippen LogP contribution in [0.1, 0.15) is 33.2 Å². The molecule has 9 heteroatoms. The SMILES string of the molecule is Cc1ccc(NC(=O)c2nnc(CCCC(=O)NCCN3CCN(C)CC3)s2)cc1. The van der Waals surface area contributed by atoms with Gasteiger partial charge in [0.2, 0.25) is 10.9 Å². The number of nitrogens with one attached hydrogen (secondary N) is 2. The second kappa shape index (κ2) is 11.1. The van der Waals surface area contributed by atoms with Crippen LogP contribution in [0.25, 0.3) is 0 Å². The molecule has 1 aromatic heterocycles. The molecule has 0 bridgehead atoms. The van der Waals surface area contributed by atoms with Crippen LogP contribution in [-0.2, 0) is 11.2 Å². The molecule has 2 N–H and O–H groups in total. The second-order valence-electron chi connectivity index (χ2n) is 7.67. The topological polar surface area (TPSA) is 90.5 Å². The summed E-state index contributed by atoms with van der Waals surface area (Å²) in [6, 6.07) is 7.60. The van der Waals surface area contributed by atoms with Crippen molar-refractivity contribution in [2.75, 3.05) is 51.6 Å². The van der Waals surface area contributed by atoms with Crippen LogP contribution in [0.3, 0.4) is 0 Å². The fraction of sp³-hybridized carbons (Fsp3) is 0.524. The lowest BCUT2D eigenvalue weighted by atomic mass is 10.2. The van der Waals surface area contributed by atoms with E-state index in [0.717, 1.165) is 49.0 Å². The molecule has 0 saturated carbocycles. The minimum absolute atomic E-state index is 0.0611. The molecule has 1 aliphatic heterocycles. The zero-order valence-electron chi connectivity index (χ0n) is 17.7. The number of amides is 2. The lowest BCUT2D eigenvalue weighted by Gasteiger charge is -2.32. The van der Waals surface area contributed by atoms with E-state index < -0.39 is 0 Å². The fourth-order valence-electron chi connectivity index (χ4n) is 3.18. The van der Waals surface area contributed by atoms with E-state index in [9.17, 15) is 9.59 Å². The number of anilines is 1. The van der Waals surface area contributed by atoms with E-state index in [1.165, 1.54) is 11.3 Å². The summed E-state index contributed by atoms with van der Waals surface area (Å²) < 4.78 is 0. The molecule has 1 aliphatic rings. The number of hydrogen-bond donors (Lipinski definition) is 2. The van der Waals surface area contributed by atoms with Gasteiger partial charge in [0, 0.05) is 57.8 Å². The molecule has 1 aromatic carbocycles. The molecule has 162 valence electrons. The molecule has 0 aliphatic carbocycles. The van der Waals surface area contributed by atoms with Gasteiger partial charge in [0.15, 0.2) is 0 Å². The van der Waals surface area contributed by atoms with Crippen LogP contribution in [0.15, 0.2) is 24.3 Å². The van der Waals surface area contributed by atoms with Gasteiger partial charge >= 0.3 is 0 Å². The molecule has 0 atom stereocenters. The number of rotatable bonds is 9. The Labute approximate surface area is 181 Å². The first-order valence-electron chi connectivity index (χ1n) is 10.4. The normalized spacial score (nSPS) is 15.1. The smallest absolute Gasteiger partial charge is 0.286 e. The second-order valence-corrected chi connectivity index (χ2v) is 8.73. The summed E-state index contributed by atoms with van der Waals surface area (Å²) in [5, 5.41) is 15.0. The molecule has 1 saturated heterocycles. The first kappa shape index (κ1) is 22.3. The van der Waals surface area contributed by atoms with Gasteiger partial charge in [-0.1, -0.05) is 29.0 Å². The summed E-state index contributed by atoms with van der Waals surface area (Å²) in [7, 11) is 2.14. The van der Waals surface area contributed by atoms with Gasteiger partial charge in [-0.25, -0.2) is 0 Å². The van der Waals surface area contributed by atoms with Gasteiger partial charge in [-0.15, -0.1) is 10.2 Å². The fourth-order valence-corrected chi connectivity index (χ4v) is 3.96. The van der Waals surface area contributed by atoms with Gasteiger partial charge in [0.25, 0.3) is 5.91 Å². The number of aromatic nitrogens is 2. The molecule has 0 radical (unpaired) electrons. The van der Waals surface area contributed by atoms with Crippen LogP contribution in [-0.4, -0.2) is 78.1 Å². The number of piperazine rings is 1. The number of carbonyl (C=O) groups is 2. The summed E-state index contributed by atoms with van der Waals surface area (Å²) in [5.41, 5.74) is 1.87. The Balaban J connectivity index is 1.32. The van der Waals surface area contributed by atoms with Crippen molar-refractivity contribution in [1.29, 1.82) is 0 Å². The third-order valence-corrected chi connectivity index (χ3v) is 6.09. The maximum absolute atomic E-state index is 12.3. The molecule has 0 unspecified atom stereocenters. The first-order chi connectivity index (χ1) is 14.5. The quantitative estimate of drug-likeness (QED) is 0.630. The van der Waals surface area contributed by atoms with Gasteiger partial charge in [-0.2, -0.15) is 0 Å². The summed E-state index contributed by atoms with van der Waals surface area (Å²) in [6.07, 6.45) is 1.78. The number of nitrogens with zero attached hydrogens (tertiary/aromatic N) is 4. The Morgan fingerprint density at radius 1 is 1.10 bits per heavy atom. The highest BCUT2D eigenvalue weighted by Gasteiger charge is 2.15. The van der Waals surface area contributed by atoms with Crippen LogP contribution in [0, 0.1) is 6.92 Å². The van der Waals surface area contributed by atoms with Crippen molar-refractivity contribution in [1.82, 2.24) is 25.3 Å². The van der Waals surface area contributed by atoms with Crippen LogP contribution < -0.4 is 10.6 Å². The van der Waals surface area contributed by atoms with Gasteiger partial charge in [-0.05, 0) is 32.5 Å². The molecular weight excluding hydrogens is 400 g/mol. The summed E-state index contributed by atoms with van der Waals surface area (Å²) in [5.74, 6) is -0.199. The van der Waals surface area contributed by atoms with E-state index in [4.69, 9.17) is 0 Å². The standard InChI is InChI=1S/C21H30N6O2S/c1-16-6-8-17(9-7-16)23-20(29)21-25-24-19(30-21)5-3-4-18(28)22-10-11-27-14-12-26(2)13-15-27/h6-9H,3-5,10-15H2,1-2H3,(H,22,28)(H,23,29). The summed E-state index contributed by atoms with van der Waals surface area (Å²) in [6.45, 7) is 7.87. The largest absolute Gasteiger partial charge is 0.355 e. The van der Waals surface area contributed by atoms with Crippen molar-refractivity contribution < 1.29 is 9.59 Å². The maximum atomic E-state index is 12.3. The van der Waals surface area contributed by atoms with Gasteiger partial charge in [-0.3, -0.25) is 14.5 Å². The summed E-state index contributed by atoms with van der Waals surface area (Å²) >= 11 is 1.28. The van der Waals surface area contributed by atoms with Crippen molar-refractivity contribution in [3.8, 4) is 0 Å². The molecular formula is C21H30N6O2S. The number of likely N-dealkylation sites (N-methyl/N-ethyl adjacent to an activating group) is 1. The lowest BCUT2D eigenvalue weighted by Crippen LogP contribution is -2.46. The van der Waals surface area contributed by atoms with E-state index in [1.54, 1.807) is 0 Å². The lowest BCUT2D eigenvalue weighted by molar-refractivity contribution is -0.121. The molecule has 2 aromatic rings. The van der Waals surface area contributed by atoms with E-state index in [-0.39, 0.29) is 11.8 Å². The predicted molar refractivity (Wildman–Crippen MR) is 119 cm³/mol. The average molecular weight is 431 g/mol. The number of hydrogen-bond acceptors (Lipinski definition) is 7. The average Bonchev–Trinajstić information content (AvgIpc) is 3.20. The van der Waals surface area contributed by atoms with E-state index >= 15 is 0 Å². The molecule has 2 heterocycles. The maximum Gasteiger partial charge on any atom is 0.286 e. The minimum Gasteiger partial charge on any atom is -0.355 e. The third kappa shape index (κ3) is 7.16. The first-order valence-corrected chi connectivity index (χ1v) is 11.2. The van der Waals surface area contributed by atoms with Crippen molar-refractivity contribution in [3.05, 3.63) is 39.8 Å². The van der Waals surface area contributed by atoms with Crippen molar-refractivity contribution in [3.63, 3.8) is 0 Å².